The molecular weight excluding hydrogens is 394 g/mol. The smallest absolute Gasteiger partial charge is 0.271 e. The number of amides is 1. The summed E-state index contributed by atoms with van der Waals surface area (Å²) in [6.45, 7) is 0.194. The summed E-state index contributed by atoms with van der Waals surface area (Å²) in [6.07, 6.45) is 0. The van der Waals surface area contributed by atoms with E-state index >= 15 is 0 Å². The first-order valence-electron chi connectivity index (χ1n) is 6.78. The molecule has 0 aliphatic carbocycles. The number of para-hydroxylation sites is 2. The van der Waals surface area contributed by atoms with E-state index in [9.17, 15) is 4.79 Å². The van der Waals surface area contributed by atoms with Gasteiger partial charge < -0.3 is 9.88 Å². The van der Waals surface area contributed by atoms with Crippen molar-refractivity contribution in [3.8, 4) is 0 Å². The van der Waals surface area contributed by atoms with Gasteiger partial charge in [-0.2, -0.15) is 0 Å². The third-order valence-corrected chi connectivity index (χ3v) is 5.16. The van der Waals surface area contributed by atoms with Crippen molar-refractivity contribution in [2.75, 3.05) is 0 Å². The van der Waals surface area contributed by atoms with Gasteiger partial charge in [0.05, 0.1) is 32.6 Å². The molecule has 1 amide bonds. The lowest BCUT2D eigenvalue weighted by molar-refractivity contribution is 0.0945. The molecule has 124 valence electrons. The van der Waals surface area contributed by atoms with Crippen LogP contribution < -0.4 is 5.32 Å². The molecule has 0 radical (unpaired) electrons. The predicted molar refractivity (Wildman–Crippen MR) is 96.2 cm³/mol. The molecular formula is C15H10Cl4N4O. The molecule has 0 bridgehead atoms. The topological polar surface area (TPSA) is 59.8 Å². The van der Waals surface area contributed by atoms with Gasteiger partial charge in [0.15, 0.2) is 0 Å². The van der Waals surface area contributed by atoms with Crippen LogP contribution >= 0.6 is 46.4 Å². The number of aryl methyl sites for hydroxylation is 1. The number of halogens is 4. The van der Waals surface area contributed by atoms with Gasteiger partial charge in [0.25, 0.3) is 5.91 Å². The Kier molecular flexibility index (Phi) is 4.88. The van der Waals surface area contributed by atoms with Gasteiger partial charge in [-0.15, -0.1) is 0 Å². The van der Waals surface area contributed by atoms with E-state index in [0.29, 0.717) is 5.82 Å². The Morgan fingerprint density at radius 3 is 2.50 bits per heavy atom. The summed E-state index contributed by atoms with van der Waals surface area (Å²) in [4.78, 5) is 20.7. The number of rotatable bonds is 3. The maximum atomic E-state index is 12.3. The number of nitrogens with one attached hydrogen (secondary N) is 1. The van der Waals surface area contributed by atoms with E-state index in [2.05, 4.69) is 15.3 Å². The van der Waals surface area contributed by atoms with Gasteiger partial charge in [-0.05, 0) is 12.1 Å². The van der Waals surface area contributed by atoms with Gasteiger partial charge in [-0.25, -0.2) is 9.97 Å². The van der Waals surface area contributed by atoms with Crippen LogP contribution in [0.3, 0.4) is 0 Å². The number of carbonyl (C=O) groups excluding carboxylic acids is 1. The Morgan fingerprint density at radius 2 is 1.79 bits per heavy atom. The van der Waals surface area contributed by atoms with Crippen LogP contribution in [0.4, 0.5) is 0 Å². The molecule has 0 fully saturated rings. The molecule has 2 aromatic heterocycles. The zero-order chi connectivity index (χ0) is 17.4. The number of hydrogen-bond donors (Lipinski definition) is 1. The summed E-state index contributed by atoms with van der Waals surface area (Å²) in [7, 11) is 1.87. The molecule has 0 saturated heterocycles. The second kappa shape index (κ2) is 6.76. The fourth-order valence-corrected chi connectivity index (χ4v) is 3.05. The van der Waals surface area contributed by atoms with Gasteiger partial charge in [-0.3, -0.25) is 4.79 Å². The highest BCUT2D eigenvalue weighted by Gasteiger charge is 2.20. The molecule has 1 N–H and O–H groups in total. The van der Waals surface area contributed by atoms with Crippen molar-refractivity contribution in [3.05, 3.63) is 56.0 Å². The molecule has 0 saturated carbocycles. The second-order valence-electron chi connectivity index (χ2n) is 4.95. The third-order valence-electron chi connectivity index (χ3n) is 3.49. The van der Waals surface area contributed by atoms with Crippen LogP contribution in [0.15, 0.2) is 24.3 Å². The minimum Gasteiger partial charge on any atom is -0.343 e. The van der Waals surface area contributed by atoms with E-state index in [-0.39, 0.29) is 32.5 Å². The van der Waals surface area contributed by atoms with Crippen molar-refractivity contribution in [3.63, 3.8) is 0 Å². The van der Waals surface area contributed by atoms with E-state index in [1.54, 1.807) is 0 Å². The molecule has 1 aromatic carbocycles. The first kappa shape index (κ1) is 17.3. The number of hydrogen-bond acceptors (Lipinski definition) is 3. The molecule has 0 unspecified atom stereocenters. The van der Waals surface area contributed by atoms with E-state index in [4.69, 9.17) is 46.4 Å². The summed E-state index contributed by atoms with van der Waals surface area (Å²) < 4.78 is 1.90. The number of aromatic nitrogens is 3. The van der Waals surface area contributed by atoms with Crippen molar-refractivity contribution in [2.45, 2.75) is 6.54 Å². The summed E-state index contributed by atoms with van der Waals surface area (Å²) in [5.41, 5.74) is 1.73. The van der Waals surface area contributed by atoms with Gasteiger partial charge in [0.1, 0.15) is 16.7 Å². The highest BCUT2D eigenvalue weighted by molar-refractivity contribution is 6.52. The molecule has 0 aliphatic rings. The number of benzene rings is 1. The molecule has 0 aliphatic heterocycles. The van der Waals surface area contributed by atoms with E-state index < -0.39 is 5.91 Å². The lowest BCUT2D eigenvalue weighted by Crippen LogP contribution is -2.25. The summed E-state index contributed by atoms with van der Waals surface area (Å²) >= 11 is 23.7. The number of imidazole rings is 1. The van der Waals surface area contributed by atoms with Gasteiger partial charge >= 0.3 is 0 Å². The fraction of sp³-hybridized carbons (Fsp3) is 0.133. The van der Waals surface area contributed by atoms with Crippen LogP contribution in [0.25, 0.3) is 11.0 Å². The highest BCUT2D eigenvalue weighted by atomic mass is 35.5. The van der Waals surface area contributed by atoms with Crippen molar-refractivity contribution in [1.29, 1.82) is 0 Å². The van der Waals surface area contributed by atoms with Crippen LogP contribution in [0, 0.1) is 0 Å². The van der Waals surface area contributed by atoms with E-state index in [0.717, 1.165) is 11.0 Å². The maximum absolute atomic E-state index is 12.3. The first-order valence-corrected chi connectivity index (χ1v) is 8.30. The lowest BCUT2D eigenvalue weighted by Gasteiger charge is -2.09. The van der Waals surface area contributed by atoms with Gasteiger partial charge in [-0.1, -0.05) is 58.5 Å². The largest absolute Gasteiger partial charge is 0.343 e. The van der Waals surface area contributed by atoms with E-state index in [1.165, 1.54) is 0 Å². The Labute approximate surface area is 157 Å². The fourth-order valence-electron chi connectivity index (χ4n) is 2.23. The van der Waals surface area contributed by atoms with Crippen LogP contribution in [0.5, 0.6) is 0 Å². The van der Waals surface area contributed by atoms with Crippen molar-refractivity contribution < 1.29 is 4.79 Å². The normalized spacial score (nSPS) is 11.0. The zero-order valence-electron chi connectivity index (χ0n) is 12.3. The number of carbonyl (C=O) groups is 1. The average Bonchev–Trinajstić information content (AvgIpc) is 2.90. The molecule has 0 atom stereocenters. The summed E-state index contributed by atoms with van der Waals surface area (Å²) in [6, 6.07) is 7.68. The van der Waals surface area contributed by atoms with Crippen LogP contribution in [-0.2, 0) is 13.6 Å². The molecule has 9 heteroatoms. The number of pyridine rings is 1. The maximum Gasteiger partial charge on any atom is 0.271 e. The monoisotopic (exact) mass is 402 g/mol. The van der Waals surface area contributed by atoms with Crippen molar-refractivity contribution in [1.82, 2.24) is 19.9 Å². The Morgan fingerprint density at radius 1 is 1.08 bits per heavy atom. The zero-order valence-corrected chi connectivity index (χ0v) is 15.3. The van der Waals surface area contributed by atoms with Gasteiger partial charge in [0.2, 0.25) is 0 Å². The van der Waals surface area contributed by atoms with Crippen molar-refractivity contribution in [2.24, 2.45) is 7.05 Å². The van der Waals surface area contributed by atoms with Crippen molar-refractivity contribution >= 4 is 63.3 Å². The third kappa shape index (κ3) is 3.05. The number of nitrogens with zero attached hydrogens (tertiary/aromatic N) is 3. The Hall–Kier alpha value is -1.53. The van der Waals surface area contributed by atoms with Crippen LogP contribution in [0.1, 0.15) is 16.3 Å². The molecule has 3 rings (SSSR count). The minimum absolute atomic E-state index is 0.00814. The molecule has 2 heterocycles. The van der Waals surface area contributed by atoms with Crippen LogP contribution in [0.2, 0.25) is 20.2 Å². The molecule has 5 nitrogen and oxygen atoms in total. The Balaban J connectivity index is 1.84. The summed E-state index contributed by atoms with van der Waals surface area (Å²) in [5.74, 6) is 0.166. The van der Waals surface area contributed by atoms with E-state index in [1.807, 2.05) is 35.9 Å². The second-order valence-corrected chi connectivity index (χ2v) is 6.44. The Bertz CT molecular complexity index is 954. The standard InChI is InChI=1S/C15H10Cl4N4O/c1-23-8-5-3-2-4-7(8)21-9(23)6-20-15(24)13-11(17)10(16)12(18)14(19)22-13/h2-5H,6H2,1H3,(H,20,24). The SMILES string of the molecule is Cn1c(CNC(=O)c2nc(Cl)c(Cl)c(Cl)c2Cl)nc2ccccc21. The minimum atomic E-state index is -0.521. The molecule has 3 aromatic rings. The van der Waals surface area contributed by atoms with Gasteiger partial charge in [0, 0.05) is 7.05 Å². The predicted octanol–water partition coefficient (Wildman–Crippen LogP) is 4.51. The molecule has 24 heavy (non-hydrogen) atoms. The average molecular weight is 404 g/mol. The quantitative estimate of drug-likeness (QED) is 0.654. The molecule has 0 spiro atoms. The number of fused-ring (bicyclic) bond motifs is 1. The van der Waals surface area contributed by atoms with Crippen LogP contribution in [-0.4, -0.2) is 20.4 Å². The lowest BCUT2D eigenvalue weighted by atomic mass is 10.3. The summed E-state index contributed by atoms with van der Waals surface area (Å²) in [5, 5.41) is 2.57. The highest BCUT2D eigenvalue weighted by Crippen LogP contribution is 2.36. The first-order chi connectivity index (χ1) is 11.4.